The molecule has 0 fully saturated rings. The number of carbonyl (C=O) groups excluding carboxylic acids is 2. The Hall–Kier alpha value is -3.60. The molecule has 134 valence electrons. The van der Waals surface area contributed by atoms with Gasteiger partial charge in [0.05, 0.1) is 11.1 Å². The number of furan rings is 1. The summed E-state index contributed by atoms with van der Waals surface area (Å²) >= 11 is 0. The van der Waals surface area contributed by atoms with Crippen molar-refractivity contribution in [2.24, 2.45) is 0 Å². The van der Waals surface area contributed by atoms with Crippen LogP contribution in [-0.4, -0.2) is 11.8 Å². The maximum atomic E-state index is 12.5. The van der Waals surface area contributed by atoms with Gasteiger partial charge in [-0.05, 0) is 49.7 Å². The van der Waals surface area contributed by atoms with Crippen molar-refractivity contribution < 1.29 is 23.5 Å². The number of fused-ring (bicyclic) bond motifs is 1. The van der Waals surface area contributed by atoms with E-state index < -0.39 is 5.97 Å². The maximum Gasteiger partial charge on any atom is 0.343 e. The van der Waals surface area contributed by atoms with E-state index in [4.69, 9.17) is 13.9 Å². The molecule has 27 heavy (non-hydrogen) atoms. The lowest BCUT2D eigenvalue weighted by molar-refractivity contribution is 0.0733. The number of allylic oxidation sites excluding steroid dienone is 1. The smallest absolute Gasteiger partial charge is 0.343 e. The summed E-state index contributed by atoms with van der Waals surface area (Å²) in [7, 11) is 0. The highest BCUT2D eigenvalue weighted by molar-refractivity contribution is 6.14. The molecule has 0 spiro atoms. The van der Waals surface area contributed by atoms with E-state index in [1.807, 2.05) is 32.0 Å². The second-order valence-electron chi connectivity index (χ2n) is 6.25. The molecule has 5 nitrogen and oxygen atoms in total. The third kappa shape index (κ3) is 3.27. The Balaban J connectivity index is 1.57. The molecule has 2 aromatic carbocycles. The van der Waals surface area contributed by atoms with E-state index in [0.29, 0.717) is 28.4 Å². The Morgan fingerprint density at radius 3 is 2.59 bits per heavy atom. The number of rotatable bonds is 3. The molecule has 1 aliphatic rings. The van der Waals surface area contributed by atoms with Gasteiger partial charge < -0.3 is 13.9 Å². The maximum absolute atomic E-state index is 12.5. The van der Waals surface area contributed by atoms with E-state index in [1.54, 1.807) is 36.4 Å². The number of aryl methyl sites for hydroxylation is 2. The fraction of sp³-hybridized carbons (Fsp3) is 0.0909. The summed E-state index contributed by atoms with van der Waals surface area (Å²) in [4.78, 5) is 24.8. The summed E-state index contributed by atoms with van der Waals surface area (Å²) in [5.41, 5.74) is 1.73. The number of hydrogen-bond acceptors (Lipinski definition) is 5. The average molecular weight is 360 g/mol. The number of esters is 1. The van der Waals surface area contributed by atoms with Crippen molar-refractivity contribution in [1.29, 1.82) is 0 Å². The van der Waals surface area contributed by atoms with Gasteiger partial charge in [0.25, 0.3) is 0 Å². The zero-order valence-electron chi connectivity index (χ0n) is 14.8. The predicted octanol–water partition coefficient (Wildman–Crippen LogP) is 4.73. The molecule has 5 heteroatoms. The van der Waals surface area contributed by atoms with Crippen molar-refractivity contribution >= 4 is 17.8 Å². The van der Waals surface area contributed by atoms with Crippen LogP contribution in [0.3, 0.4) is 0 Å². The summed E-state index contributed by atoms with van der Waals surface area (Å²) in [6.07, 6.45) is 1.55. The van der Waals surface area contributed by atoms with Gasteiger partial charge in [-0.15, -0.1) is 0 Å². The van der Waals surface area contributed by atoms with E-state index in [9.17, 15) is 9.59 Å². The molecule has 0 saturated heterocycles. The molecule has 0 atom stereocenters. The summed E-state index contributed by atoms with van der Waals surface area (Å²) in [6, 6.07) is 15.5. The van der Waals surface area contributed by atoms with E-state index in [2.05, 4.69) is 0 Å². The number of ketones is 1. The van der Waals surface area contributed by atoms with Gasteiger partial charge in [-0.2, -0.15) is 0 Å². The number of carbonyl (C=O) groups is 2. The van der Waals surface area contributed by atoms with Crippen LogP contribution in [0, 0.1) is 13.8 Å². The van der Waals surface area contributed by atoms with Gasteiger partial charge in [0.2, 0.25) is 5.78 Å². The summed E-state index contributed by atoms with van der Waals surface area (Å²) in [5.74, 6) is 1.41. The van der Waals surface area contributed by atoms with Crippen molar-refractivity contribution in [3.63, 3.8) is 0 Å². The molecule has 2 heterocycles. The Kier molecular flexibility index (Phi) is 4.12. The quantitative estimate of drug-likeness (QED) is 0.384. The van der Waals surface area contributed by atoms with Gasteiger partial charge in [-0.25, -0.2) is 4.79 Å². The molecule has 4 rings (SSSR count). The van der Waals surface area contributed by atoms with Gasteiger partial charge >= 0.3 is 5.97 Å². The second kappa shape index (κ2) is 6.61. The topological polar surface area (TPSA) is 65.7 Å². The van der Waals surface area contributed by atoms with Crippen LogP contribution in [0.25, 0.3) is 6.08 Å². The minimum atomic E-state index is -0.459. The van der Waals surface area contributed by atoms with Crippen LogP contribution in [-0.2, 0) is 0 Å². The molecule has 0 radical (unpaired) electrons. The third-order valence-electron chi connectivity index (χ3n) is 4.25. The first kappa shape index (κ1) is 16.8. The SMILES string of the molecule is Cc1ccc(/C=C2\Oc3cc(OC(=O)c4ccccc4C)ccc3C2=O)o1. The van der Waals surface area contributed by atoms with Gasteiger partial charge in [0, 0.05) is 12.1 Å². The largest absolute Gasteiger partial charge is 0.462 e. The van der Waals surface area contributed by atoms with E-state index in [1.165, 1.54) is 6.07 Å². The van der Waals surface area contributed by atoms with Crippen molar-refractivity contribution in [2.75, 3.05) is 0 Å². The third-order valence-corrected chi connectivity index (χ3v) is 4.25. The van der Waals surface area contributed by atoms with Crippen LogP contribution in [0.4, 0.5) is 0 Å². The minimum absolute atomic E-state index is 0.168. The first-order chi connectivity index (χ1) is 13.0. The summed E-state index contributed by atoms with van der Waals surface area (Å²) < 4.78 is 16.5. The molecule has 3 aromatic rings. The zero-order chi connectivity index (χ0) is 19.0. The standard InChI is InChI=1S/C22H16O5/c1-13-5-3-4-6-17(13)22(24)26-16-9-10-18-19(11-16)27-20(21(18)23)12-15-8-7-14(2)25-15/h3-12H,1-2H3/b20-12-. The number of benzene rings is 2. The fourth-order valence-electron chi connectivity index (χ4n) is 2.85. The highest BCUT2D eigenvalue weighted by atomic mass is 16.5. The molecule has 1 aliphatic heterocycles. The molecule has 0 aliphatic carbocycles. The van der Waals surface area contributed by atoms with Gasteiger partial charge in [-0.3, -0.25) is 4.79 Å². The first-order valence-electron chi connectivity index (χ1n) is 8.44. The van der Waals surface area contributed by atoms with Crippen LogP contribution < -0.4 is 9.47 Å². The Bertz CT molecular complexity index is 1090. The summed E-state index contributed by atoms with van der Waals surface area (Å²) in [5, 5.41) is 0. The Morgan fingerprint density at radius 2 is 1.85 bits per heavy atom. The van der Waals surface area contributed by atoms with Gasteiger partial charge in [0.15, 0.2) is 5.76 Å². The fourth-order valence-corrected chi connectivity index (χ4v) is 2.85. The highest BCUT2D eigenvalue weighted by Crippen LogP contribution is 2.35. The van der Waals surface area contributed by atoms with Crippen molar-refractivity contribution in [3.05, 3.63) is 88.6 Å². The Labute approximate surface area is 155 Å². The summed E-state index contributed by atoms with van der Waals surface area (Å²) in [6.45, 7) is 3.66. The van der Waals surface area contributed by atoms with Crippen molar-refractivity contribution in [2.45, 2.75) is 13.8 Å². The van der Waals surface area contributed by atoms with E-state index in [-0.39, 0.29) is 11.5 Å². The average Bonchev–Trinajstić information content (AvgIpc) is 3.19. The molecular weight excluding hydrogens is 344 g/mol. The second-order valence-corrected chi connectivity index (χ2v) is 6.25. The number of ether oxygens (including phenoxy) is 2. The lowest BCUT2D eigenvalue weighted by Gasteiger charge is -2.07. The van der Waals surface area contributed by atoms with E-state index in [0.717, 1.165) is 11.3 Å². The molecule has 0 saturated carbocycles. The molecule has 0 unspecified atom stereocenters. The Morgan fingerprint density at radius 1 is 1.04 bits per heavy atom. The number of Topliss-reactive ketones (excluding diaryl/α,β-unsaturated/α-hetero) is 1. The van der Waals surface area contributed by atoms with Crippen LogP contribution >= 0.6 is 0 Å². The lowest BCUT2D eigenvalue weighted by atomic mass is 10.1. The molecule has 1 aromatic heterocycles. The molecule has 0 bridgehead atoms. The van der Waals surface area contributed by atoms with Crippen LogP contribution in [0.15, 0.2) is 64.8 Å². The normalized spacial score (nSPS) is 14.1. The van der Waals surface area contributed by atoms with Gasteiger partial charge in [0.1, 0.15) is 23.0 Å². The van der Waals surface area contributed by atoms with Crippen LogP contribution in [0.5, 0.6) is 11.5 Å². The van der Waals surface area contributed by atoms with Crippen LogP contribution in [0.2, 0.25) is 0 Å². The van der Waals surface area contributed by atoms with Gasteiger partial charge in [-0.1, -0.05) is 18.2 Å². The predicted molar refractivity (Wildman–Crippen MR) is 99.0 cm³/mol. The first-order valence-corrected chi connectivity index (χ1v) is 8.44. The van der Waals surface area contributed by atoms with Crippen molar-refractivity contribution in [1.82, 2.24) is 0 Å². The lowest BCUT2D eigenvalue weighted by Crippen LogP contribution is -2.10. The monoisotopic (exact) mass is 360 g/mol. The molecular formula is C22H16O5. The minimum Gasteiger partial charge on any atom is -0.462 e. The van der Waals surface area contributed by atoms with Crippen molar-refractivity contribution in [3.8, 4) is 11.5 Å². The number of hydrogen-bond donors (Lipinski definition) is 0. The zero-order valence-corrected chi connectivity index (χ0v) is 14.8. The highest BCUT2D eigenvalue weighted by Gasteiger charge is 2.28. The molecule has 0 N–H and O–H groups in total. The molecule has 0 amide bonds. The van der Waals surface area contributed by atoms with Crippen LogP contribution in [0.1, 0.15) is 37.8 Å². The van der Waals surface area contributed by atoms with E-state index >= 15 is 0 Å².